The molecule has 0 spiro atoms. The molecule has 0 radical (unpaired) electrons. The van der Waals surface area contributed by atoms with Gasteiger partial charge in [0.2, 0.25) is 0 Å². The van der Waals surface area contributed by atoms with Crippen molar-refractivity contribution in [3.8, 4) is 11.8 Å². The van der Waals surface area contributed by atoms with E-state index in [1.54, 1.807) is 0 Å². The highest BCUT2D eigenvalue weighted by Gasteiger charge is 2.51. The molecule has 0 aromatic heterocycles. The van der Waals surface area contributed by atoms with Crippen molar-refractivity contribution in [2.24, 2.45) is 16.7 Å². The van der Waals surface area contributed by atoms with Crippen molar-refractivity contribution in [2.75, 3.05) is 0 Å². The van der Waals surface area contributed by atoms with Crippen LogP contribution in [0.4, 0.5) is 26.3 Å². The summed E-state index contributed by atoms with van der Waals surface area (Å²) in [6, 6.07) is 0. The predicted molar refractivity (Wildman–Crippen MR) is 95.6 cm³/mol. The molecular weight excluding hydrogens is 398 g/mol. The fourth-order valence-electron chi connectivity index (χ4n) is 4.90. The van der Waals surface area contributed by atoms with Crippen LogP contribution < -0.4 is 0 Å². The summed E-state index contributed by atoms with van der Waals surface area (Å²) in [5.41, 5.74) is -3.27. The minimum absolute atomic E-state index is 0.0205. The van der Waals surface area contributed by atoms with Gasteiger partial charge in [-0.25, -0.2) is 0 Å². The normalized spacial score (nSPS) is 25.9. The number of hydrogen-bond acceptors (Lipinski definition) is 2. The van der Waals surface area contributed by atoms with E-state index in [4.69, 9.17) is 0 Å². The number of aliphatic hydroxyl groups is 1. The Kier molecular flexibility index (Phi) is 6.27. The molecule has 8 heteroatoms. The van der Waals surface area contributed by atoms with Crippen LogP contribution in [-0.4, -0.2) is 28.8 Å². The first-order chi connectivity index (χ1) is 13.0. The summed E-state index contributed by atoms with van der Waals surface area (Å²) in [5, 5.41) is 9.94. The van der Waals surface area contributed by atoms with Gasteiger partial charge in [0, 0.05) is 18.8 Å². The number of alkyl halides is 6. The average molecular weight is 424 g/mol. The van der Waals surface area contributed by atoms with E-state index in [-0.39, 0.29) is 23.5 Å². The van der Waals surface area contributed by atoms with E-state index in [0.29, 0.717) is 12.8 Å². The van der Waals surface area contributed by atoms with Crippen LogP contribution in [0.25, 0.3) is 0 Å². The Labute approximate surface area is 166 Å². The topological polar surface area (TPSA) is 37.3 Å². The average Bonchev–Trinajstić information content (AvgIpc) is 2.81. The zero-order valence-corrected chi connectivity index (χ0v) is 16.7. The molecule has 2 rings (SSSR count). The lowest BCUT2D eigenvalue weighted by Crippen LogP contribution is -2.39. The SMILES string of the molecule is CC(C)(CC#CC(O)(CC(F)(F)F)CC(F)(F)F)C1=CC[C@H]2C(=O)CCCC12C. The summed E-state index contributed by atoms with van der Waals surface area (Å²) in [4.78, 5) is 12.3. The van der Waals surface area contributed by atoms with Gasteiger partial charge >= 0.3 is 12.4 Å². The van der Waals surface area contributed by atoms with Crippen LogP contribution in [0.15, 0.2) is 11.6 Å². The Balaban J connectivity index is 2.22. The van der Waals surface area contributed by atoms with Gasteiger partial charge in [0.25, 0.3) is 0 Å². The maximum absolute atomic E-state index is 12.7. The second-order valence-electron chi connectivity index (χ2n) is 9.12. The number of halogens is 6. The fraction of sp³-hybridized carbons (Fsp3) is 0.762. The summed E-state index contributed by atoms with van der Waals surface area (Å²) in [7, 11) is 0. The molecule has 2 nitrogen and oxygen atoms in total. The van der Waals surface area contributed by atoms with Gasteiger partial charge in [0.1, 0.15) is 11.4 Å². The number of ketones is 1. The molecule has 2 aliphatic rings. The van der Waals surface area contributed by atoms with E-state index >= 15 is 0 Å². The van der Waals surface area contributed by atoms with Crippen LogP contribution in [0.2, 0.25) is 0 Å². The van der Waals surface area contributed by atoms with Crippen LogP contribution in [-0.2, 0) is 4.79 Å². The zero-order valence-electron chi connectivity index (χ0n) is 16.7. The summed E-state index contributed by atoms with van der Waals surface area (Å²) >= 11 is 0. The van der Waals surface area contributed by atoms with Crippen molar-refractivity contribution in [2.45, 2.75) is 83.7 Å². The standard InChI is InChI=1S/C21H26F6O2/c1-17(2,16-8-7-14-15(28)6-4-10-18(14,16)3)9-5-11-19(29,12-20(22,23)24)13-21(25,26)27/h8,14,29H,4,6-7,9-10,12-13H2,1-3H3/t14-,18?/m0/s1. The summed E-state index contributed by atoms with van der Waals surface area (Å²) in [6.07, 6.45) is -9.45. The van der Waals surface area contributed by atoms with Crippen molar-refractivity contribution in [3.63, 3.8) is 0 Å². The van der Waals surface area contributed by atoms with Gasteiger partial charge < -0.3 is 5.11 Å². The molecule has 0 amide bonds. The van der Waals surface area contributed by atoms with Gasteiger partial charge in [0.05, 0.1) is 12.8 Å². The van der Waals surface area contributed by atoms with Crippen molar-refractivity contribution in [1.82, 2.24) is 0 Å². The van der Waals surface area contributed by atoms with Gasteiger partial charge in [-0.3, -0.25) is 4.79 Å². The first kappa shape index (κ1) is 23.8. The van der Waals surface area contributed by atoms with Gasteiger partial charge in [-0.1, -0.05) is 44.3 Å². The van der Waals surface area contributed by atoms with Crippen LogP contribution in [0, 0.1) is 28.6 Å². The highest BCUT2D eigenvalue weighted by Crippen LogP contribution is 2.57. The van der Waals surface area contributed by atoms with Crippen LogP contribution in [0.3, 0.4) is 0 Å². The largest absolute Gasteiger partial charge is 0.392 e. The van der Waals surface area contributed by atoms with Crippen LogP contribution >= 0.6 is 0 Å². The maximum Gasteiger partial charge on any atom is 0.392 e. The first-order valence-electron chi connectivity index (χ1n) is 9.57. The molecule has 0 aromatic carbocycles. The number of hydrogen-bond donors (Lipinski definition) is 1. The number of Topliss-reactive ketones (excluding diaryl/α,β-unsaturated/α-hetero) is 1. The molecule has 1 saturated carbocycles. The molecule has 29 heavy (non-hydrogen) atoms. The minimum atomic E-state index is -4.98. The maximum atomic E-state index is 12.7. The molecule has 2 atom stereocenters. The molecule has 1 unspecified atom stereocenters. The Bertz CT molecular complexity index is 719. The molecular formula is C21H26F6O2. The number of fused-ring (bicyclic) bond motifs is 1. The van der Waals surface area contributed by atoms with Crippen LogP contribution in [0.5, 0.6) is 0 Å². The molecule has 1 N–H and O–H groups in total. The summed E-state index contributed by atoms with van der Waals surface area (Å²) in [6.45, 7) is 5.62. The van der Waals surface area contributed by atoms with Gasteiger partial charge in [-0.2, -0.15) is 26.3 Å². The van der Waals surface area contributed by atoms with E-state index < -0.39 is 36.2 Å². The monoisotopic (exact) mass is 424 g/mol. The number of allylic oxidation sites excluding steroid dienone is 2. The Hall–Kier alpha value is -1.49. The molecule has 0 aliphatic heterocycles. The van der Waals surface area contributed by atoms with E-state index in [9.17, 15) is 36.2 Å². The molecule has 0 bridgehead atoms. The quantitative estimate of drug-likeness (QED) is 0.355. The lowest BCUT2D eigenvalue weighted by atomic mass is 9.60. The first-order valence-corrected chi connectivity index (χ1v) is 9.57. The smallest absolute Gasteiger partial charge is 0.377 e. The lowest BCUT2D eigenvalue weighted by Gasteiger charge is -2.43. The third-order valence-electron chi connectivity index (χ3n) is 6.02. The molecule has 0 heterocycles. The Morgan fingerprint density at radius 2 is 1.69 bits per heavy atom. The third-order valence-corrected chi connectivity index (χ3v) is 6.02. The van der Waals surface area contributed by atoms with E-state index in [1.807, 2.05) is 32.8 Å². The van der Waals surface area contributed by atoms with Gasteiger partial charge in [0.15, 0.2) is 0 Å². The third kappa shape index (κ3) is 5.78. The fourth-order valence-corrected chi connectivity index (χ4v) is 4.90. The molecule has 2 aliphatic carbocycles. The predicted octanol–water partition coefficient (Wildman–Crippen LogP) is 5.75. The van der Waals surface area contributed by atoms with Crippen molar-refractivity contribution >= 4 is 5.78 Å². The van der Waals surface area contributed by atoms with E-state index in [0.717, 1.165) is 18.4 Å². The van der Waals surface area contributed by atoms with Crippen LogP contribution in [0.1, 0.15) is 65.7 Å². The van der Waals surface area contributed by atoms with Crippen molar-refractivity contribution in [1.29, 1.82) is 0 Å². The summed E-state index contributed by atoms with van der Waals surface area (Å²) < 4.78 is 76.0. The van der Waals surface area contributed by atoms with E-state index in [2.05, 4.69) is 5.92 Å². The Morgan fingerprint density at radius 1 is 1.14 bits per heavy atom. The highest BCUT2D eigenvalue weighted by molar-refractivity contribution is 5.84. The zero-order chi connectivity index (χ0) is 22.3. The molecule has 0 aromatic rings. The number of rotatable bonds is 4. The molecule has 1 fully saturated rings. The lowest BCUT2D eigenvalue weighted by molar-refractivity contribution is -0.201. The minimum Gasteiger partial charge on any atom is -0.377 e. The second-order valence-corrected chi connectivity index (χ2v) is 9.12. The summed E-state index contributed by atoms with van der Waals surface area (Å²) in [5.74, 6) is 4.30. The number of carbonyl (C=O) groups excluding carboxylic acids is 1. The van der Waals surface area contributed by atoms with Crippen molar-refractivity contribution in [3.05, 3.63) is 11.6 Å². The second kappa shape index (κ2) is 7.64. The Morgan fingerprint density at radius 3 is 2.21 bits per heavy atom. The number of carbonyl (C=O) groups is 1. The molecule has 0 saturated heterocycles. The molecule has 164 valence electrons. The van der Waals surface area contributed by atoms with E-state index in [1.165, 1.54) is 0 Å². The van der Waals surface area contributed by atoms with Gasteiger partial charge in [-0.05, 0) is 30.1 Å². The van der Waals surface area contributed by atoms with Crippen molar-refractivity contribution < 1.29 is 36.2 Å². The van der Waals surface area contributed by atoms with Gasteiger partial charge in [-0.15, -0.1) is 0 Å². The highest BCUT2D eigenvalue weighted by atomic mass is 19.4.